The Morgan fingerprint density at radius 2 is 2.07 bits per heavy atom. The molecule has 76 valence electrons. The summed E-state index contributed by atoms with van der Waals surface area (Å²) in [5.74, 6) is 0. The first-order chi connectivity index (χ1) is 7.24. The average Bonchev–Trinajstić information content (AvgIpc) is 2.22. The molecule has 0 aliphatic heterocycles. The molecule has 1 heterocycles. The first-order valence-corrected chi connectivity index (χ1v) is 6.21. The highest BCUT2D eigenvalue weighted by atomic mass is 79.9. The van der Waals surface area contributed by atoms with Gasteiger partial charge < -0.3 is 0 Å². The third-order valence-corrected chi connectivity index (χ3v) is 3.32. The summed E-state index contributed by atoms with van der Waals surface area (Å²) in [4.78, 5) is 5.55. The summed E-state index contributed by atoms with van der Waals surface area (Å²) in [6, 6.07) is 12.4. The predicted molar refractivity (Wildman–Crippen MR) is 67.2 cm³/mol. The number of pyridine rings is 1. The van der Waals surface area contributed by atoms with Crippen molar-refractivity contribution in [3.8, 4) is 0 Å². The molecule has 0 fully saturated rings. The van der Waals surface area contributed by atoms with Gasteiger partial charge in [-0.2, -0.15) is 0 Å². The summed E-state index contributed by atoms with van der Waals surface area (Å²) >= 11 is 5.05. The topological polar surface area (TPSA) is 12.9 Å². The molecule has 3 heteroatoms. The van der Waals surface area contributed by atoms with Crippen LogP contribution in [0.2, 0.25) is 0 Å². The maximum atomic E-state index is 4.32. The standard InChI is InChI=1S/C12H10BrNS/c1-9-3-2-4-11(7-9)15-12-6-5-10(13)8-14-12/h2-8H,1H3. The maximum Gasteiger partial charge on any atom is 0.101 e. The van der Waals surface area contributed by atoms with Gasteiger partial charge in [0.05, 0.1) is 0 Å². The fraction of sp³-hybridized carbons (Fsp3) is 0.0833. The highest BCUT2D eigenvalue weighted by Gasteiger charge is 1.98. The van der Waals surface area contributed by atoms with E-state index >= 15 is 0 Å². The van der Waals surface area contributed by atoms with Crippen LogP contribution in [0.3, 0.4) is 0 Å². The minimum Gasteiger partial charge on any atom is -0.248 e. The summed E-state index contributed by atoms with van der Waals surface area (Å²) in [6.07, 6.45) is 1.82. The summed E-state index contributed by atoms with van der Waals surface area (Å²) in [7, 11) is 0. The Bertz CT molecular complexity index is 453. The zero-order valence-electron chi connectivity index (χ0n) is 8.27. The van der Waals surface area contributed by atoms with Crippen LogP contribution in [0.5, 0.6) is 0 Å². The molecule has 1 aromatic carbocycles. The molecule has 0 spiro atoms. The van der Waals surface area contributed by atoms with Crippen molar-refractivity contribution in [1.29, 1.82) is 0 Å². The summed E-state index contributed by atoms with van der Waals surface area (Å²) in [5.41, 5.74) is 1.28. The van der Waals surface area contributed by atoms with Crippen LogP contribution in [-0.2, 0) is 0 Å². The van der Waals surface area contributed by atoms with Gasteiger partial charge in [0, 0.05) is 15.6 Å². The molecular formula is C12H10BrNS. The molecule has 2 aromatic rings. The molecule has 0 unspecified atom stereocenters. The first kappa shape index (κ1) is 10.7. The second kappa shape index (κ2) is 4.81. The Morgan fingerprint density at radius 1 is 1.20 bits per heavy atom. The van der Waals surface area contributed by atoms with E-state index in [0.29, 0.717) is 0 Å². The van der Waals surface area contributed by atoms with Crippen molar-refractivity contribution in [2.75, 3.05) is 0 Å². The third-order valence-electron chi connectivity index (χ3n) is 1.91. The lowest BCUT2D eigenvalue weighted by atomic mass is 10.2. The second-order valence-electron chi connectivity index (χ2n) is 3.23. The van der Waals surface area contributed by atoms with Crippen LogP contribution in [0, 0.1) is 6.92 Å². The smallest absolute Gasteiger partial charge is 0.101 e. The van der Waals surface area contributed by atoms with E-state index in [1.807, 2.05) is 18.3 Å². The fourth-order valence-electron chi connectivity index (χ4n) is 1.22. The van der Waals surface area contributed by atoms with Gasteiger partial charge in [0.25, 0.3) is 0 Å². The van der Waals surface area contributed by atoms with Crippen LogP contribution >= 0.6 is 27.7 Å². The monoisotopic (exact) mass is 279 g/mol. The van der Waals surface area contributed by atoms with Gasteiger partial charge in [-0.1, -0.05) is 29.5 Å². The highest BCUT2D eigenvalue weighted by Crippen LogP contribution is 2.26. The minimum atomic E-state index is 1.01. The molecule has 0 radical (unpaired) electrons. The van der Waals surface area contributed by atoms with Crippen molar-refractivity contribution < 1.29 is 0 Å². The van der Waals surface area contributed by atoms with Crippen molar-refractivity contribution in [1.82, 2.24) is 4.98 Å². The van der Waals surface area contributed by atoms with Crippen molar-refractivity contribution in [2.24, 2.45) is 0 Å². The Hall–Kier alpha value is -0.800. The number of halogens is 1. The molecule has 0 N–H and O–H groups in total. The van der Waals surface area contributed by atoms with Crippen LogP contribution < -0.4 is 0 Å². The van der Waals surface area contributed by atoms with E-state index in [2.05, 4.69) is 52.1 Å². The van der Waals surface area contributed by atoms with Crippen molar-refractivity contribution in [2.45, 2.75) is 16.8 Å². The first-order valence-electron chi connectivity index (χ1n) is 4.60. The number of hydrogen-bond donors (Lipinski definition) is 0. The highest BCUT2D eigenvalue weighted by molar-refractivity contribution is 9.10. The molecule has 15 heavy (non-hydrogen) atoms. The molecule has 0 atom stereocenters. The van der Waals surface area contributed by atoms with Crippen LogP contribution in [0.1, 0.15) is 5.56 Å². The van der Waals surface area contributed by atoms with Crippen molar-refractivity contribution in [3.63, 3.8) is 0 Å². The Kier molecular flexibility index (Phi) is 3.44. The molecule has 0 amide bonds. The van der Waals surface area contributed by atoms with Crippen LogP contribution in [0.25, 0.3) is 0 Å². The third kappa shape index (κ3) is 3.08. The average molecular weight is 280 g/mol. The van der Waals surface area contributed by atoms with Crippen LogP contribution in [0.15, 0.2) is 57.0 Å². The van der Waals surface area contributed by atoms with Gasteiger partial charge in [-0.3, -0.25) is 0 Å². The van der Waals surface area contributed by atoms with E-state index in [4.69, 9.17) is 0 Å². The molecule has 1 aromatic heterocycles. The normalized spacial score (nSPS) is 10.3. The van der Waals surface area contributed by atoms with Crippen LogP contribution in [-0.4, -0.2) is 4.98 Å². The summed E-state index contributed by atoms with van der Waals surface area (Å²) in [5, 5.41) is 1.02. The van der Waals surface area contributed by atoms with Gasteiger partial charge in [0.2, 0.25) is 0 Å². The van der Waals surface area contributed by atoms with E-state index in [-0.39, 0.29) is 0 Å². The lowest BCUT2D eigenvalue weighted by Gasteiger charge is -2.01. The van der Waals surface area contributed by atoms with Crippen molar-refractivity contribution >= 4 is 27.7 Å². The Balaban J connectivity index is 2.18. The molecule has 0 saturated heterocycles. The molecule has 0 bridgehead atoms. The van der Waals surface area contributed by atoms with Crippen LogP contribution in [0.4, 0.5) is 0 Å². The molecular weight excluding hydrogens is 270 g/mol. The fourth-order valence-corrected chi connectivity index (χ4v) is 2.33. The van der Waals surface area contributed by atoms with E-state index in [9.17, 15) is 0 Å². The van der Waals surface area contributed by atoms with E-state index in [0.717, 1.165) is 9.50 Å². The molecule has 1 nitrogen and oxygen atoms in total. The minimum absolute atomic E-state index is 1.01. The number of aromatic nitrogens is 1. The van der Waals surface area contributed by atoms with Gasteiger partial charge in [-0.25, -0.2) is 4.98 Å². The van der Waals surface area contributed by atoms with E-state index < -0.39 is 0 Å². The van der Waals surface area contributed by atoms with Gasteiger partial charge in [-0.15, -0.1) is 0 Å². The van der Waals surface area contributed by atoms with Gasteiger partial charge >= 0.3 is 0 Å². The number of nitrogens with zero attached hydrogens (tertiary/aromatic N) is 1. The quantitative estimate of drug-likeness (QED) is 0.813. The number of rotatable bonds is 2. The predicted octanol–water partition coefficient (Wildman–Crippen LogP) is 4.30. The van der Waals surface area contributed by atoms with E-state index in [1.165, 1.54) is 10.5 Å². The lowest BCUT2D eigenvalue weighted by Crippen LogP contribution is -1.79. The number of benzene rings is 1. The molecule has 0 aliphatic carbocycles. The van der Waals surface area contributed by atoms with Gasteiger partial charge in [0.15, 0.2) is 0 Å². The number of hydrogen-bond acceptors (Lipinski definition) is 2. The molecule has 0 saturated carbocycles. The summed E-state index contributed by atoms with van der Waals surface area (Å²) in [6.45, 7) is 2.10. The molecule has 0 aliphatic rings. The Labute approximate surface area is 102 Å². The van der Waals surface area contributed by atoms with Crippen molar-refractivity contribution in [3.05, 3.63) is 52.6 Å². The second-order valence-corrected chi connectivity index (χ2v) is 5.24. The maximum absolute atomic E-state index is 4.32. The lowest BCUT2D eigenvalue weighted by molar-refractivity contribution is 1.12. The molecule has 2 rings (SSSR count). The SMILES string of the molecule is Cc1cccc(Sc2ccc(Br)cn2)c1. The number of aryl methyl sites for hydroxylation is 1. The van der Waals surface area contributed by atoms with Gasteiger partial charge in [0.1, 0.15) is 5.03 Å². The summed E-state index contributed by atoms with van der Waals surface area (Å²) < 4.78 is 1.01. The zero-order chi connectivity index (χ0) is 10.7. The van der Waals surface area contributed by atoms with E-state index in [1.54, 1.807) is 11.8 Å². The zero-order valence-corrected chi connectivity index (χ0v) is 10.7. The Morgan fingerprint density at radius 3 is 2.73 bits per heavy atom. The largest absolute Gasteiger partial charge is 0.248 e. The van der Waals surface area contributed by atoms with Gasteiger partial charge in [-0.05, 0) is 47.1 Å².